The summed E-state index contributed by atoms with van der Waals surface area (Å²) < 4.78 is 30.3. The molecule has 0 aliphatic carbocycles. The van der Waals surface area contributed by atoms with E-state index in [0.29, 0.717) is 17.1 Å². The van der Waals surface area contributed by atoms with Gasteiger partial charge in [-0.15, -0.1) is 0 Å². The van der Waals surface area contributed by atoms with Gasteiger partial charge < -0.3 is 28.8 Å². The molecule has 224 valence electrons. The molecule has 11 heteroatoms. The highest BCUT2D eigenvalue weighted by atomic mass is 16.7. The van der Waals surface area contributed by atoms with E-state index in [-0.39, 0.29) is 13.0 Å². The number of aromatic nitrogens is 2. The van der Waals surface area contributed by atoms with Gasteiger partial charge in [-0.25, -0.2) is 9.59 Å². The molecule has 1 aliphatic rings. The number of nitrogens with zero attached hydrogens (tertiary/aromatic N) is 1. The Kier molecular flexibility index (Phi) is 8.65. The van der Waals surface area contributed by atoms with Crippen LogP contribution in [0.1, 0.15) is 34.9 Å². The minimum Gasteiger partial charge on any atom is -0.497 e. The van der Waals surface area contributed by atoms with Crippen molar-refractivity contribution in [2.24, 2.45) is 0 Å². The summed E-state index contributed by atoms with van der Waals surface area (Å²) in [6.45, 7) is 1.45. The molecule has 3 atom stereocenters. The molecule has 2 heterocycles. The Morgan fingerprint density at radius 2 is 1.49 bits per heavy atom. The summed E-state index contributed by atoms with van der Waals surface area (Å²) in [5, 5.41) is 9.49. The highest BCUT2D eigenvalue weighted by molar-refractivity contribution is 5.57. The molecule has 0 spiro atoms. The van der Waals surface area contributed by atoms with Crippen molar-refractivity contribution in [3.8, 4) is 11.5 Å². The number of ether oxygens (including phenoxy) is 5. The first-order valence-corrected chi connectivity index (χ1v) is 13.6. The zero-order chi connectivity index (χ0) is 30.6. The van der Waals surface area contributed by atoms with E-state index in [4.69, 9.17) is 23.7 Å². The number of nitrogens with one attached hydrogen (secondary N) is 1. The number of aromatic amines is 1. The minimum atomic E-state index is -1.48. The Hall–Kier alpha value is -4.87. The van der Waals surface area contributed by atoms with E-state index in [1.807, 2.05) is 78.9 Å². The van der Waals surface area contributed by atoms with Gasteiger partial charge in [0.15, 0.2) is 0 Å². The summed E-state index contributed by atoms with van der Waals surface area (Å²) >= 11 is 0. The third-order valence-corrected chi connectivity index (χ3v) is 7.53. The summed E-state index contributed by atoms with van der Waals surface area (Å²) in [7, 11) is 3.18. The lowest BCUT2D eigenvalue weighted by Crippen LogP contribution is -2.39. The van der Waals surface area contributed by atoms with Gasteiger partial charge in [-0.3, -0.25) is 14.3 Å². The Balaban J connectivity index is 1.58. The monoisotopic (exact) mass is 588 g/mol. The lowest BCUT2D eigenvalue weighted by molar-refractivity contribution is -0.0980. The summed E-state index contributed by atoms with van der Waals surface area (Å²) in [6, 6.07) is 24.6. The molecular formula is C32H32N2O9. The fourth-order valence-electron chi connectivity index (χ4n) is 5.36. The summed E-state index contributed by atoms with van der Waals surface area (Å²) in [6.07, 6.45) is -2.80. The Morgan fingerprint density at radius 1 is 0.930 bits per heavy atom. The summed E-state index contributed by atoms with van der Waals surface area (Å²) in [5.74, 6) is 1.33. The molecule has 0 saturated carbocycles. The molecule has 1 saturated heterocycles. The molecule has 0 amide bonds. The molecule has 1 fully saturated rings. The van der Waals surface area contributed by atoms with Crippen molar-refractivity contribution in [1.82, 2.24) is 9.55 Å². The zero-order valence-electron chi connectivity index (χ0n) is 23.9. The van der Waals surface area contributed by atoms with Crippen molar-refractivity contribution in [2.45, 2.75) is 37.4 Å². The van der Waals surface area contributed by atoms with Crippen molar-refractivity contribution < 1.29 is 33.6 Å². The Labute approximate surface area is 247 Å². The van der Waals surface area contributed by atoms with Gasteiger partial charge in [0.05, 0.1) is 20.8 Å². The molecule has 0 bridgehead atoms. The second-order valence-electron chi connectivity index (χ2n) is 10.1. The van der Waals surface area contributed by atoms with Gasteiger partial charge >= 0.3 is 11.8 Å². The van der Waals surface area contributed by atoms with Crippen LogP contribution in [0.25, 0.3) is 0 Å². The second kappa shape index (κ2) is 12.6. The van der Waals surface area contributed by atoms with Crippen LogP contribution in [-0.2, 0) is 19.8 Å². The summed E-state index contributed by atoms with van der Waals surface area (Å²) in [5.41, 5.74) is 0.310. The highest BCUT2D eigenvalue weighted by Crippen LogP contribution is 2.43. The molecule has 4 aromatic rings. The molecule has 3 aromatic carbocycles. The van der Waals surface area contributed by atoms with Crippen LogP contribution in [0, 0.1) is 6.92 Å². The second-order valence-corrected chi connectivity index (χ2v) is 10.1. The van der Waals surface area contributed by atoms with E-state index < -0.39 is 41.4 Å². The molecule has 2 N–H and O–H groups in total. The van der Waals surface area contributed by atoms with Crippen molar-refractivity contribution in [2.75, 3.05) is 20.8 Å². The van der Waals surface area contributed by atoms with Crippen LogP contribution in [0.5, 0.6) is 11.5 Å². The van der Waals surface area contributed by atoms with Crippen LogP contribution in [0.15, 0.2) is 94.6 Å². The first kappa shape index (κ1) is 29.6. The number of carbonyl (C=O) groups is 1. The quantitative estimate of drug-likeness (QED) is 0.206. The molecule has 1 aliphatic heterocycles. The maximum atomic E-state index is 12.6. The maximum Gasteiger partial charge on any atom is 0.506 e. The van der Waals surface area contributed by atoms with E-state index in [9.17, 15) is 19.5 Å². The average molecular weight is 589 g/mol. The van der Waals surface area contributed by atoms with Crippen molar-refractivity contribution in [3.63, 3.8) is 0 Å². The number of benzene rings is 3. The van der Waals surface area contributed by atoms with Crippen LogP contribution < -0.4 is 20.7 Å². The normalized spacial score (nSPS) is 18.3. The van der Waals surface area contributed by atoms with Crippen LogP contribution in [-0.4, -0.2) is 53.8 Å². The van der Waals surface area contributed by atoms with E-state index in [2.05, 4.69) is 4.98 Å². The van der Waals surface area contributed by atoms with Gasteiger partial charge in [-0.2, -0.15) is 0 Å². The fraction of sp³-hybridized carbons (Fsp3) is 0.281. The van der Waals surface area contributed by atoms with Gasteiger partial charge in [0.2, 0.25) is 0 Å². The first-order chi connectivity index (χ1) is 20.7. The van der Waals surface area contributed by atoms with Gasteiger partial charge in [-0.1, -0.05) is 54.6 Å². The van der Waals surface area contributed by atoms with Crippen molar-refractivity contribution in [3.05, 3.63) is 128 Å². The molecule has 0 radical (unpaired) electrons. The number of hydrogen-bond acceptors (Lipinski definition) is 8. The topological polar surface area (TPSA) is 138 Å². The lowest BCUT2D eigenvalue weighted by atomic mass is 9.80. The number of methoxy groups -OCH3 is 2. The average Bonchev–Trinajstić information content (AvgIpc) is 3.41. The third kappa shape index (κ3) is 6.04. The largest absolute Gasteiger partial charge is 0.506 e. The predicted molar refractivity (Wildman–Crippen MR) is 156 cm³/mol. The predicted octanol–water partition coefficient (Wildman–Crippen LogP) is 4.22. The van der Waals surface area contributed by atoms with Crippen molar-refractivity contribution >= 4 is 6.16 Å². The van der Waals surface area contributed by atoms with Crippen LogP contribution in [0.2, 0.25) is 0 Å². The van der Waals surface area contributed by atoms with E-state index >= 15 is 0 Å². The molecule has 43 heavy (non-hydrogen) atoms. The minimum absolute atomic E-state index is 0.0368. The van der Waals surface area contributed by atoms with Gasteiger partial charge in [0, 0.05) is 18.2 Å². The first-order valence-electron chi connectivity index (χ1n) is 13.6. The number of hydrogen-bond donors (Lipinski definition) is 2. The van der Waals surface area contributed by atoms with Gasteiger partial charge in [0.25, 0.3) is 5.56 Å². The van der Waals surface area contributed by atoms with Gasteiger partial charge in [0.1, 0.15) is 35.5 Å². The Morgan fingerprint density at radius 3 is 2.02 bits per heavy atom. The fourth-order valence-corrected chi connectivity index (χ4v) is 5.36. The van der Waals surface area contributed by atoms with E-state index in [0.717, 1.165) is 16.7 Å². The maximum absolute atomic E-state index is 12.6. The standard InChI is InChI=1S/C32H32N2O9/c1-20-18-34(30(36)33-29(20)35)28-17-26(43-31(37)38)27(42-28)19-41-32(21-7-5-4-6-8-21,22-9-13-24(39-2)14-10-22)23-11-15-25(40-3)16-12-23/h4-16,18,26-28H,17,19H2,1-3H3,(H,37,38)(H,33,35,36)/t26?,27-,28-/m1/s1. The smallest absolute Gasteiger partial charge is 0.497 e. The van der Waals surface area contributed by atoms with E-state index in [1.165, 1.54) is 10.8 Å². The molecule has 5 rings (SSSR count). The Bertz CT molecular complexity index is 1620. The zero-order valence-corrected chi connectivity index (χ0v) is 23.9. The third-order valence-electron chi connectivity index (χ3n) is 7.53. The van der Waals surface area contributed by atoms with E-state index in [1.54, 1.807) is 21.1 Å². The number of aryl methyl sites for hydroxylation is 1. The van der Waals surface area contributed by atoms with Crippen LogP contribution in [0.3, 0.4) is 0 Å². The molecule has 1 unspecified atom stereocenters. The highest BCUT2D eigenvalue weighted by Gasteiger charge is 2.44. The molecule has 11 nitrogen and oxygen atoms in total. The summed E-state index contributed by atoms with van der Waals surface area (Å²) in [4.78, 5) is 38.4. The molecular weight excluding hydrogens is 556 g/mol. The van der Waals surface area contributed by atoms with Gasteiger partial charge in [-0.05, 0) is 47.9 Å². The van der Waals surface area contributed by atoms with Crippen LogP contribution in [0.4, 0.5) is 4.79 Å². The lowest BCUT2D eigenvalue weighted by Gasteiger charge is -2.37. The SMILES string of the molecule is COc1ccc(C(OC[C@H]2O[C@@H](n3cc(C)c(=O)[nH]c3=O)CC2OC(=O)O)(c2ccccc2)c2ccc(OC)cc2)cc1. The number of rotatable bonds is 10. The van der Waals surface area contributed by atoms with Crippen LogP contribution >= 0.6 is 0 Å². The number of carboxylic acid groups (broad SMARTS) is 1. The van der Waals surface area contributed by atoms with Crippen molar-refractivity contribution in [1.29, 1.82) is 0 Å². The molecule has 1 aromatic heterocycles. The number of H-pyrrole nitrogens is 1.